The Bertz CT molecular complexity index is 1180. The number of rotatable bonds is 4. The van der Waals surface area contributed by atoms with Gasteiger partial charge >= 0.3 is 5.69 Å². The number of phenolic OH excluding ortho intramolecular Hbond substituents is 1. The van der Waals surface area contributed by atoms with Gasteiger partial charge in [-0.15, -0.1) is 11.3 Å². The van der Waals surface area contributed by atoms with Crippen LogP contribution in [-0.2, 0) is 12.8 Å². The van der Waals surface area contributed by atoms with Gasteiger partial charge in [-0.1, -0.05) is 6.08 Å². The van der Waals surface area contributed by atoms with Crippen LogP contribution in [0.1, 0.15) is 34.7 Å². The highest BCUT2D eigenvalue weighted by Gasteiger charge is 2.20. The number of ether oxygens (including phenoxy) is 1. The zero-order valence-corrected chi connectivity index (χ0v) is 15.8. The maximum absolute atomic E-state index is 12.6. The van der Waals surface area contributed by atoms with Gasteiger partial charge in [-0.05, 0) is 49.0 Å². The number of nitrogens with zero attached hydrogens (tertiary/aromatic N) is 2. The molecule has 1 aromatic carbocycles. The second-order valence-corrected chi connectivity index (χ2v) is 7.61. The van der Waals surface area contributed by atoms with E-state index in [1.54, 1.807) is 23.5 Å². The fourth-order valence-electron chi connectivity index (χ4n) is 3.44. The lowest BCUT2D eigenvalue weighted by Crippen LogP contribution is -2.11. The van der Waals surface area contributed by atoms with Crippen LogP contribution in [0.25, 0.3) is 22.4 Å². The lowest BCUT2D eigenvalue weighted by atomic mass is 9.97. The second-order valence-electron chi connectivity index (χ2n) is 6.52. The van der Waals surface area contributed by atoms with Crippen LogP contribution in [0.5, 0.6) is 11.5 Å². The fourth-order valence-corrected chi connectivity index (χ4v) is 4.71. The van der Waals surface area contributed by atoms with Crippen LogP contribution < -0.4 is 10.3 Å². The van der Waals surface area contributed by atoms with Gasteiger partial charge in [0.25, 0.3) is 5.56 Å². The molecule has 0 bridgehead atoms. The molecule has 1 aliphatic rings. The number of nitrogens with one attached hydrogen (secondary N) is 1. The molecule has 0 unspecified atom stereocenters. The molecule has 144 valence electrons. The zero-order chi connectivity index (χ0) is 19.8. The Morgan fingerprint density at radius 3 is 2.86 bits per heavy atom. The summed E-state index contributed by atoms with van der Waals surface area (Å²) in [7, 11) is 1.32. The molecular formula is C19H17N3O5S. The third-order valence-corrected chi connectivity index (χ3v) is 5.96. The van der Waals surface area contributed by atoms with Crippen LogP contribution in [0.15, 0.2) is 16.9 Å². The van der Waals surface area contributed by atoms with Crippen LogP contribution >= 0.6 is 11.3 Å². The molecule has 0 saturated carbocycles. The average Bonchev–Trinajstić information content (AvgIpc) is 3.05. The van der Waals surface area contributed by atoms with Crippen LogP contribution in [-0.4, -0.2) is 27.1 Å². The van der Waals surface area contributed by atoms with E-state index in [0.717, 1.165) is 31.2 Å². The molecule has 0 amide bonds. The summed E-state index contributed by atoms with van der Waals surface area (Å²) in [6.45, 7) is 0. The second kappa shape index (κ2) is 7.08. The van der Waals surface area contributed by atoms with Gasteiger partial charge in [-0.3, -0.25) is 14.9 Å². The molecule has 0 fully saturated rings. The van der Waals surface area contributed by atoms with Gasteiger partial charge in [-0.25, -0.2) is 4.98 Å². The topological polar surface area (TPSA) is 118 Å². The Balaban J connectivity index is 1.74. The smallest absolute Gasteiger partial charge is 0.315 e. The quantitative estimate of drug-likeness (QED) is 0.511. The minimum Gasteiger partial charge on any atom is -0.500 e. The van der Waals surface area contributed by atoms with Crippen molar-refractivity contribution in [2.75, 3.05) is 7.11 Å². The van der Waals surface area contributed by atoms with Crippen molar-refractivity contribution in [2.45, 2.75) is 25.7 Å². The third kappa shape index (κ3) is 3.13. The highest BCUT2D eigenvalue weighted by molar-refractivity contribution is 7.18. The molecule has 2 heterocycles. The Labute approximate surface area is 163 Å². The van der Waals surface area contributed by atoms with Crippen molar-refractivity contribution < 1.29 is 14.8 Å². The standard InChI is InChI=1S/C19H17N3O5S/c1-27-13-9-10(8-12(17(13)23)22(25)26)6-7-15-20-18(24)16-11-4-2-3-5-14(11)28-19(16)21-15/h6-9,23H,2-5H2,1H3,(H,20,21,24)/b7-6+. The maximum Gasteiger partial charge on any atom is 0.315 e. The Hall–Kier alpha value is -3.20. The van der Waals surface area contributed by atoms with Crippen LogP contribution in [0.2, 0.25) is 0 Å². The molecule has 2 N–H and O–H groups in total. The van der Waals surface area contributed by atoms with E-state index < -0.39 is 16.4 Å². The largest absolute Gasteiger partial charge is 0.500 e. The number of aryl methyl sites for hydroxylation is 2. The lowest BCUT2D eigenvalue weighted by Gasteiger charge is -2.09. The molecule has 9 heteroatoms. The van der Waals surface area contributed by atoms with Crippen molar-refractivity contribution in [3.63, 3.8) is 0 Å². The monoisotopic (exact) mass is 399 g/mol. The van der Waals surface area contributed by atoms with Gasteiger partial charge in [0.1, 0.15) is 10.7 Å². The average molecular weight is 399 g/mol. The van der Waals surface area contributed by atoms with Crippen molar-refractivity contribution in [3.05, 3.63) is 54.4 Å². The summed E-state index contributed by atoms with van der Waals surface area (Å²) in [6.07, 6.45) is 7.26. The van der Waals surface area contributed by atoms with E-state index in [1.165, 1.54) is 24.1 Å². The summed E-state index contributed by atoms with van der Waals surface area (Å²) < 4.78 is 4.99. The molecule has 0 aliphatic heterocycles. The Morgan fingerprint density at radius 1 is 1.32 bits per heavy atom. The number of methoxy groups -OCH3 is 1. The molecule has 0 saturated heterocycles. The maximum atomic E-state index is 12.6. The van der Waals surface area contributed by atoms with Gasteiger partial charge in [0.05, 0.1) is 17.4 Å². The van der Waals surface area contributed by atoms with E-state index in [4.69, 9.17) is 4.74 Å². The number of fused-ring (bicyclic) bond motifs is 3. The van der Waals surface area contributed by atoms with E-state index in [2.05, 4.69) is 9.97 Å². The van der Waals surface area contributed by atoms with Gasteiger partial charge in [0.2, 0.25) is 5.75 Å². The first-order chi connectivity index (χ1) is 13.5. The Morgan fingerprint density at radius 2 is 2.11 bits per heavy atom. The van der Waals surface area contributed by atoms with Gasteiger partial charge < -0.3 is 14.8 Å². The van der Waals surface area contributed by atoms with Crippen LogP contribution in [0.3, 0.4) is 0 Å². The van der Waals surface area contributed by atoms with Gasteiger partial charge in [0, 0.05) is 10.9 Å². The minimum atomic E-state index is -0.683. The number of nitro groups is 1. The molecule has 2 aromatic heterocycles. The molecule has 28 heavy (non-hydrogen) atoms. The molecule has 1 aliphatic carbocycles. The zero-order valence-electron chi connectivity index (χ0n) is 15.0. The number of H-pyrrole nitrogens is 1. The fraction of sp³-hybridized carbons (Fsp3) is 0.263. The molecule has 0 atom stereocenters. The molecule has 3 aromatic rings. The van der Waals surface area contributed by atoms with E-state index >= 15 is 0 Å². The molecule has 0 radical (unpaired) electrons. The van der Waals surface area contributed by atoms with Crippen molar-refractivity contribution in [1.82, 2.24) is 9.97 Å². The van der Waals surface area contributed by atoms with E-state index in [9.17, 15) is 20.0 Å². The number of aromatic nitrogens is 2. The number of aromatic amines is 1. The first kappa shape index (κ1) is 18.2. The molecule has 0 spiro atoms. The number of hydrogen-bond acceptors (Lipinski definition) is 7. The van der Waals surface area contributed by atoms with E-state index in [0.29, 0.717) is 21.6 Å². The molecule has 4 rings (SSSR count). The lowest BCUT2D eigenvalue weighted by molar-refractivity contribution is -0.386. The minimum absolute atomic E-state index is 0.00307. The SMILES string of the molecule is COc1cc(/C=C/c2nc3sc4c(c3c(=O)[nH]2)CCCC4)cc([N+](=O)[O-])c1O. The van der Waals surface area contributed by atoms with Crippen molar-refractivity contribution in [3.8, 4) is 11.5 Å². The van der Waals surface area contributed by atoms with Crippen LogP contribution in [0.4, 0.5) is 5.69 Å². The van der Waals surface area contributed by atoms with Gasteiger partial charge in [0.15, 0.2) is 5.75 Å². The highest BCUT2D eigenvalue weighted by atomic mass is 32.1. The van der Waals surface area contributed by atoms with Crippen molar-refractivity contribution in [2.24, 2.45) is 0 Å². The number of nitro benzene ring substituents is 1. The van der Waals surface area contributed by atoms with E-state index in [1.807, 2.05) is 0 Å². The number of thiophene rings is 1. The first-order valence-corrected chi connectivity index (χ1v) is 9.57. The number of aromatic hydroxyl groups is 1. The summed E-state index contributed by atoms with van der Waals surface area (Å²) in [5.74, 6) is -0.163. The predicted molar refractivity (Wildman–Crippen MR) is 107 cm³/mol. The normalized spacial score (nSPS) is 13.8. The summed E-state index contributed by atoms with van der Waals surface area (Å²) in [4.78, 5) is 32.3. The predicted octanol–water partition coefficient (Wildman–Crippen LogP) is 3.66. The van der Waals surface area contributed by atoms with Crippen molar-refractivity contribution in [1.29, 1.82) is 0 Å². The summed E-state index contributed by atoms with van der Waals surface area (Å²) in [5.41, 5.74) is 0.934. The third-order valence-electron chi connectivity index (χ3n) is 4.77. The molecule has 8 nitrogen and oxygen atoms in total. The van der Waals surface area contributed by atoms with Crippen LogP contribution in [0, 0.1) is 10.1 Å². The first-order valence-electron chi connectivity index (χ1n) is 8.76. The number of hydrogen-bond donors (Lipinski definition) is 2. The number of benzene rings is 1. The van der Waals surface area contributed by atoms with Crippen molar-refractivity contribution >= 4 is 39.4 Å². The van der Waals surface area contributed by atoms with Gasteiger partial charge in [-0.2, -0.15) is 0 Å². The number of phenols is 1. The summed E-state index contributed by atoms with van der Waals surface area (Å²) in [5, 5.41) is 21.6. The summed E-state index contributed by atoms with van der Waals surface area (Å²) >= 11 is 1.56. The highest BCUT2D eigenvalue weighted by Crippen LogP contribution is 2.37. The summed E-state index contributed by atoms with van der Waals surface area (Å²) in [6, 6.07) is 2.70. The Kier molecular flexibility index (Phi) is 4.60. The molecular weight excluding hydrogens is 382 g/mol. The van der Waals surface area contributed by atoms with E-state index in [-0.39, 0.29) is 11.3 Å².